The highest BCUT2D eigenvalue weighted by atomic mass is 19.1. The predicted molar refractivity (Wildman–Crippen MR) is 69.2 cm³/mol. The van der Waals surface area contributed by atoms with Crippen molar-refractivity contribution in [1.29, 1.82) is 0 Å². The molecular weight excluding hydrogens is 248 g/mol. The number of halogens is 2. The van der Waals surface area contributed by atoms with Gasteiger partial charge in [0.25, 0.3) is 0 Å². The largest absolute Gasteiger partial charge is 0.372 e. The van der Waals surface area contributed by atoms with Gasteiger partial charge < -0.3 is 10.5 Å². The average molecular weight is 263 g/mol. The molecule has 2 aromatic rings. The molecular formula is C15H15F2NO. The molecule has 0 aliphatic carbocycles. The Bertz CT molecular complexity index is 558. The Morgan fingerprint density at radius 2 is 1.68 bits per heavy atom. The summed E-state index contributed by atoms with van der Waals surface area (Å²) in [7, 11) is 0. The molecule has 0 heterocycles. The van der Waals surface area contributed by atoms with Crippen molar-refractivity contribution in [1.82, 2.24) is 0 Å². The van der Waals surface area contributed by atoms with Crippen LogP contribution in [0.3, 0.4) is 0 Å². The van der Waals surface area contributed by atoms with Crippen molar-refractivity contribution < 1.29 is 13.5 Å². The molecule has 0 aliphatic rings. The Morgan fingerprint density at radius 3 is 2.42 bits per heavy atom. The first-order valence-corrected chi connectivity index (χ1v) is 5.98. The standard InChI is InChI=1S/C15H15F2NO/c16-14-6-11(8-18)5-12(7-14)9-19-10-13-3-1-2-4-15(13)17/h1-7H,8-10,18H2. The SMILES string of the molecule is NCc1cc(F)cc(COCc2ccccc2F)c1. The van der Waals surface area contributed by atoms with Crippen LogP contribution in [0.25, 0.3) is 0 Å². The first-order chi connectivity index (χ1) is 9.19. The third-order valence-electron chi connectivity index (χ3n) is 2.74. The van der Waals surface area contributed by atoms with Gasteiger partial charge in [-0.25, -0.2) is 8.78 Å². The molecule has 0 spiro atoms. The van der Waals surface area contributed by atoms with Crippen LogP contribution in [0.15, 0.2) is 42.5 Å². The molecule has 100 valence electrons. The second-order valence-corrected chi connectivity index (χ2v) is 4.26. The third-order valence-corrected chi connectivity index (χ3v) is 2.74. The minimum Gasteiger partial charge on any atom is -0.372 e. The van der Waals surface area contributed by atoms with E-state index in [4.69, 9.17) is 10.5 Å². The number of hydrogen-bond acceptors (Lipinski definition) is 2. The molecule has 0 saturated carbocycles. The van der Waals surface area contributed by atoms with Gasteiger partial charge in [0.1, 0.15) is 11.6 Å². The lowest BCUT2D eigenvalue weighted by Gasteiger charge is -2.07. The van der Waals surface area contributed by atoms with Crippen molar-refractivity contribution in [3.05, 3.63) is 70.8 Å². The lowest BCUT2D eigenvalue weighted by Crippen LogP contribution is -2.01. The summed E-state index contributed by atoms with van der Waals surface area (Å²) in [5.41, 5.74) is 7.36. The molecule has 0 fully saturated rings. The van der Waals surface area contributed by atoms with E-state index >= 15 is 0 Å². The summed E-state index contributed by atoms with van der Waals surface area (Å²) >= 11 is 0. The second kappa shape index (κ2) is 6.41. The van der Waals surface area contributed by atoms with E-state index in [1.807, 2.05) is 0 Å². The zero-order valence-electron chi connectivity index (χ0n) is 10.4. The van der Waals surface area contributed by atoms with Gasteiger partial charge in [0, 0.05) is 12.1 Å². The van der Waals surface area contributed by atoms with Gasteiger partial charge in [0.15, 0.2) is 0 Å². The lowest BCUT2D eigenvalue weighted by atomic mass is 10.1. The van der Waals surface area contributed by atoms with E-state index < -0.39 is 0 Å². The summed E-state index contributed by atoms with van der Waals surface area (Å²) in [5.74, 6) is -0.642. The topological polar surface area (TPSA) is 35.2 Å². The maximum absolute atomic E-state index is 13.3. The quantitative estimate of drug-likeness (QED) is 0.899. The minimum atomic E-state index is -0.340. The molecule has 0 bridgehead atoms. The number of rotatable bonds is 5. The molecule has 0 saturated heterocycles. The molecule has 4 heteroatoms. The molecule has 0 atom stereocenters. The number of benzene rings is 2. The fourth-order valence-electron chi connectivity index (χ4n) is 1.81. The Kier molecular flexibility index (Phi) is 4.60. The minimum absolute atomic E-state index is 0.154. The van der Waals surface area contributed by atoms with Gasteiger partial charge in [-0.15, -0.1) is 0 Å². The van der Waals surface area contributed by atoms with Crippen molar-refractivity contribution >= 4 is 0 Å². The van der Waals surface area contributed by atoms with Gasteiger partial charge in [-0.2, -0.15) is 0 Å². The van der Waals surface area contributed by atoms with Crippen LogP contribution in [-0.2, 0) is 24.5 Å². The van der Waals surface area contributed by atoms with E-state index in [1.165, 1.54) is 18.2 Å². The summed E-state index contributed by atoms with van der Waals surface area (Å²) in [6.45, 7) is 0.651. The smallest absolute Gasteiger partial charge is 0.128 e. The van der Waals surface area contributed by atoms with E-state index in [-0.39, 0.29) is 31.4 Å². The molecule has 0 aromatic heterocycles. The molecule has 0 amide bonds. The Hall–Kier alpha value is -1.78. The van der Waals surface area contributed by atoms with Crippen LogP contribution >= 0.6 is 0 Å². The summed E-state index contributed by atoms with van der Waals surface area (Å²) in [6.07, 6.45) is 0. The molecule has 2 rings (SSSR count). The highest BCUT2D eigenvalue weighted by Crippen LogP contribution is 2.12. The molecule has 0 aliphatic heterocycles. The number of ether oxygens (including phenoxy) is 1. The van der Waals surface area contributed by atoms with Crippen LogP contribution < -0.4 is 5.73 Å². The van der Waals surface area contributed by atoms with Crippen LogP contribution in [-0.4, -0.2) is 0 Å². The molecule has 0 unspecified atom stereocenters. The Labute approximate surface area is 110 Å². The maximum atomic E-state index is 13.3. The average Bonchev–Trinajstić information content (AvgIpc) is 2.40. The van der Waals surface area contributed by atoms with Gasteiger partial charge in [-0.3, -0.25) is 0 Å². The van der Waals surface area contributed by atoms with Crippen molar-refractivity contribution in [3.63, 3.8) is 0 Å². The highest BCUT2D eigenvalue weighted by molar-refractivity contribution is 5.24. The van der Waals surface area contributed by atoms with E-state index in [0.29, 0.717) is 16.7 Å². The third kappa shape index (κ3) is 3.84. The first-order valence-electron chi connectivity index (χ1n) is 5.98. The van der Waals surface area contributed by atoms with Gasteiger partial charge in [-0.05, 0) is 29.3 Å². The molecule has 2 nitrogen and oxygen atoms in total. The Balaban J connectivity index is 1.96. The van der Waals surface area contributed by atoms with Crippen molar-refractivity contribution in [2.45, 2.75) is 19.8 Å². The van der Waals surface area contributed by atoms with Crippen LogP contribution in [0.2, 0.25) is 0 Å². The van der Waals surface area contributed by atoms with E-state index in [0.717, 1.165) is 0 Å². The van der Waals surface area contributed by atoms with Crippen LogP contribution in [0.1, 0.15) is 16.7 Å². The molecule has 2 aromatic carbocycles. The van der Waals surface area contributed by atoms with Crippen LogP contribution in [0, 0.1) is 11.6 Å². The highest BCUT2D eigenvalue weighted by Gasteiger charge is 2.03. The first kappa shape index (κ1) is 13.6. The lowest BCUT2D eigenvalue weighted by molar-refractivity contribution is 0.104. The van der Waals surface area contributed by atoms with E-state index in [2.05, 4.69) is 0 Å². The predicted octanol–water partition coefficient (Wildman–Crippen LogP) is 3.14. The normalized spacial score (nSPS) is 10.7. The summed E-state index contributed by atoms with van der Waals surface area (Å²) in [6, 6.07) is 11.0. The number of hydrogen-bond donors (Lipinski definition) is 1. The fraction of sp³-hybridized carbons (Fsp3) is 0.200. The molecule has 2 N–H and O–H groups in total. The fourth-order valence-corrected chi connectivity index (χ4v) is 1.81. The summed E-state index contributed by atoms with van der Waals surface area (Å²) in [4.78, 5) is 0. The van der Waals surface area contributed by atoms with Gasteiger partial charge in [-0.1, -0.05) is 24.3 Å². The van der Waals surface area contributed by atoms with Gasteiger partial charge in [0.05, 0.1) is 13.2 Å². The second-order valence-electron chi connectivity index (χ2n) is 4.26. The van der Waals surface area contributed by atoms with Gasteiger partial charge in [0.2, 0.25) is 0 Å². The van der Waals surface area contributed by atoms with Crippen LogP contribution in [0.5, 0.6) is 0 Å². The number of nitrogens with two attached hydrogens (primary N) is 1. The van der Waals surface area contributed by atoms with Gasteiger partial charge >= 0.3 is 0 Å². The Morgan fingerprint density at radius 1 is 0.947 bits per heavy atom. The monoisotopic (exact) mass is 263 g/mol. The molecule has 0 radical (unpaired) electrons. The van der Waals surface area contributed by atoms with E-state index in [9.17, 15) is 8.78 Å². The summed E-state index contributed by atoms with van der Waals surface area (Å²) in [5, 5.41) is 0. The van der Waals surface area contributed by atoms with Crippen molar-refractivity contribution in [2.24, 2.45) is 5.73 Å². The molecule has 19 heavy (non-hydrogen) atoms. The van der Waals surface area contributed by atoms with Crippen LogP contribution in [0.4, 0.5) is 8.78 Å². The summed E-state index contributed by atoms with van der Waals surface area (Å²) < 4.78 is 32.0. The van der Waals surface area contributed by atoms with Crippen molar-refractivity contribution in [2.75, 3.05) is 0 Å². The maximum Gasteiger partial charge on any atom is 0.128 e. The van der Waals surface area contributed by atoms with E-state index in [1.54, 1.807) is 24.3 Å². The zero-order chi connectivity index (χ0) is 13.7. The van der Waals surface area contributed by atoms with Crippen molar-refractivity contribution in [3.8, 4) is 0 Å². The zero-order valence-corrected chi connectivity index (χ0v) is 10.4.